The summed E-state index contributed by atoms with van der Waals surface area (Å²) in [5.74, 6) is 0. The van der Waals surface area contributed by atoms with Crippen molar-refractivity contribution in [3.05, 3.63) is 146 Å². The summed E-state index contributed by atoms with van der Waals surface area (Å²) in [6.07, 6.45) is 5.60. The van der Waals surface area contributed by atoms with Crippen LogP contribution in [0.25, 0.3) is 77.5 Å². The Morgan fingerprint density at radius 1 is 0.357 bits per heavy atom. The minimum atomic E-state index is 0.872. The molecule has 0 bridgehead atoms. The van der Waals surface area contributed by atoms with Crippen LogP contribution in [0.1, 0.15) is 0 Å². The smallest absolute Gasteiger partial charge is 0.0964 e. The van der Waals surface area contributed by atoms with Gasteiger partial charge in [0.15, 0.2) is 0 Å². The van der Waals surface area contributed by atoms with E-state index in [1.807, 2.05) is 36.8 Å². The largest absolute Gasteiger partial charge is 0.256 e. The van der Waals surface area contributed by atoms with Crippen molar-refractivity contribution < 1.29 is 0 Å². The number of fused-ring (bicyclic) bond motifs is 4. The Kier molecular flexibility index (Phi) is 5.75. The molecule has 4 nitrogen and oxygen atoms in total. The molecule has 0 N–H and O–H groups in total. The molecule has 0 amide bonds. The van der Waals surface area contributed by atoms with Gasteiger partial charge in [-0.3, -0.25) is 15.0 Å². The fourth-order valence-corrected chi connectivity index (χ4v) is 5.68. The summed E-state index contributed by atoms with van der Waals surface area (Å²) in [5.41, 5.74) is 11.0. The van der Waals surface area contributed by atoms with Crippen molar-refractivity contribution in [1.82, 2.24) is 19.9 Å². The molecule has 0 aliphatic carbocycles. The second-order valence-electron chi connectivity index (χ2n) is 10.4. The topological polar surface area (TPSA) is 51.6 Å². The third-order valence-corrected chi connectivity index (χ3v) is 7.76. The Morgan fingerprint density at radius 2 is 1.02 bits per heavy atom. The van der Waals surface area contributed by atoms with E-state index in [0.29, 0.717) is 0 Å². The van der Waals surface area contributed by atoms with Gasteiger partial charge in [-0.05, 0) is 53.1 Å². The molecule has 0 saturated heterocycles. The van der Waals surface area contributed by atoms with Crippen LogP contribution in [-0.2, 0) is 0 Å². The third kappa shape index (κ3) is 4.27. The van der Waals surface area contributed by atoms with Gasteiger partial charge >= 0.3 is 0 Å². The van der Waals surface area contributed by atoms with Crippen LogP contribution in [0.3, 0.4) is 0 Å². The van der Waals surface area contributed by atoms with E-state index in [0.717, 1.165) is 71.9 Å². The molecule has 8 aromatic rings. The van der Waals surface area contributed by atoms with Crippen LogP contribution < -0.4 is 0 Å². The first-order valence-electron chi connectivity index (χ1n) is 14.0. The lowest BCUT2D eigenvalue weighted by molar-refractivity contribution is 1.31. The second kappa shape index (κ2) is 10.0. The minimum absolute atomic E-state index is 0.872. The van der Waals surface area contributed by atoms with Crippen LogP contribution in [0.5, 0.6) is 0 Å². The summed E-state index contributed by atoms with van der Waals surface area (Å²) >= 11 is 0. The highest BCUT2D eigenvalue weighted by molar-refractivity contribution is 6.03. The van der Waals surface area contributed by atoms with E-state index in [4.69, 9.17) is 15.0 Å². The molecule has 0 spiro atoms. The van der Waals surface area contributed by atoms with Crippen molar-refractivity contribution in [2.75, 3.05) is 0 Å². The van der Waals surface area contributed by atoms with Crippen LogP contribution in [0.2, 0.25) is 0 Å². The molecule has 4 heteroatoms. The molecular formula is C38H24N4. The Hall–Kier alpha value is -5.74. The Morgan fingerprint density at radius 3 is 1.90 bits per heavy atom. The number of para-hydroxylation sites is 1. The third-order valence-electron chi connectivity index (χ3n) is 7.76. The number of hydrogen-bond acceptors (Lipinski definition) is 4. The maximum Gasteiger partial charge on any atom is 0.0964 e. The summed E-state index contributed by atoms with van der Waals surface area (Å²) < 4.78 is 0. The van der Waals surface area contributed by atoms with Gasteiger partial charge in [0, 0.05) is 51.4 Å². The summed E-state index contributed by atoms with van der Waals surface area (Å²) in [7, 11) is 0. The van der Waals surface area contributed by atoms with Crippen LogP contribution in [0.4, 0.5) is 0 Å². The Labute approximate surface area is 243 Å². The van der Waals surface area contributed by atoms with Crippen LogP contribution in [0.15, 0.2) is 146 Å². The van der Waals surface area contributed by atoms with Gasteiger partial charge in [0.05, 0.1) is 27.9 Å². The summed E-state index contributed by atoms with van der Waals surface area (Å²) in [6.45, 7) is 0. The molecular weight excluding hydrogens is 512 g/mol. The molecule has 196 valence electrons. The highest BCUT2D eigenvalue weighted by atomic mass is 14.7. The standard InChI is InChI=1S/C38H24N4/c1-2-8-25(9-3-1)28-11-4-12-29(20-28)34-22-31(23-35(42-34)33-15-5-10-26-13-6-18-39-36(26)33)32-21-30-17-16-27-14-7-19-40-37(27)38(30)41-24-32/h1-24H. The summed E-state index contributed by atoms with van der Waals surface area (Å²) in [6, 6.07) is 44.1. The molecule has 0 fully saturated rings. The quantitative estimate of drug-likeness (QED) is 0.210. The van der Waals surface area contributed by atoms with Crippen molar-refractivity contribution in [1.29, 1.82) is 0 Å². The van der Waals surface area contributed by atoms with Crippen LogP contribution >= 0.6 is 0 Å². The van der Waals surface area contributed by atoms with E-state index in [-0.39, 0.29) is 0 Å². The number of aromatic nitrogens is 4. The van der Waals surface area contributed by atoms with Gasteiger partial charge < -0.3 is 0 Å². The summed E-state index contributed by atoms with van der Waals surface area (Å²) in [4.78, 5) is 19.4. The maximum absolute atomic E-state index is 5.22. The normalized spacial score (nSPS) is 11.3. The fourth-order valence-electron chi connectivity index (χ4n) is 5.68. The zero-order valence-electron chi connectivity index (χ0n) is 22.6. The highest BCUT2D eigenvalue weighted by Crippen LogP contribution is 2.35. The lowest BCUT2D eigenvalue weighted by Crippen LogP contribution is -1.94. The van der Waals surface area contributed by atoms with E-state index in [9.17, 15) is 0 Å². The molecule has 8 rings (SSSR count). The van der Waals surface area contributed by atoms with Crippen molar-refractivity contribution in [2.45, 2.75) is 0 Å². The van der Waals surface area contributed by atoms with Crippen molar-refractivity contribution in [3.8, 4) is 44.8 Å². The van der Waals surface area contributed by atoms with E-state index in [2.05, 4.69) is 114 Å². The Balaban J connectivity index is 1.34. The van der Waals surface area contributed by atoms with Crippen molar-refractivity contribution >= 4 is 32.7 Å². The zero-order chi connectivity index (χ0) is 27.9. The molecule has 0 atom stereocenters. The average molecular weight is 537 g/mol. The predicted octanol–water partition coefficient (Wildman–Crippen LogP) is 9.39. The van der Waals surface area contributed by atoms with Gasteiger partial charge in [0.2, 0.25) is 0 Å². The first-order valence-corrected chi connectivity index (χ1v) is 14.0. The maximum atomic E-state index is 5.22. The molecule has 0 radical (unpaired) electrons. The molecule has 0 aliphatic rings. The minimum Gasteiger partial charge on any atom is -0.256 e. The van der Waals surface area contributed by atoms with E-state index >= 15 is 0 Å². The van der Waals surface area contributed by atoms with Gasteiger partial charge in [-0.25, -0.2) is 4.98 Å². The molecule has 4 aromatic heterocycles. The first kappa shape index (κ1) is 24.1. The SMILES string of the molecule is c1ccc(-c2cccc(-c3cc(-c4cnc5c(ccc6cccnc65)c4)cc(-c4cccc5cccnc45)n3)c2)cc1. The van der Waals surface area contributed by atoms with Crippen molar-refractivity contribution in [2.24, 2.45) is 0 Å². The number of benzene rings is 4. The fraction of sp³-hybridized carbons (Fsp3) is 0. The number of hydrogen-bond donors (Lipinski definition) is 0. The Bertz CT molecular complexity index is 2250. The molecule has 0 unspecified atom stereocenters. The van der Waals surface area contributed by atoms with E-state index < -0.39 is 0 Å². The van der Waals surface area contributed by atoms with Crippen molar-refractivity contribution in [3.63, 3.8) is 0 Å². The molecule has 0 saturated carbocycles. The zero-order valence-corrected chi connectivity index (χ0v) is 22.6. The average Bonchev–Trinajstić information content (AvgIpc) is 3.08. The molecule has 42 heavy (non-hydrogen) atoms. The molecule has 4 heterocycles. The second-order valence-corrected chi connectivity index (χ2v) is 10.4. The van der Waals surface area contributed by atoms with Crippen LogP contribution in [0, 0.1) is 0 Å². The van der Waals surface area contributed by atoms with E-state index in [1.165, 1.54) is 5.56 Å². The first-order chi connectivity index (χ1) is 20.8. The lowest BCUT2D eigenvalue weighted by atomic mass is 9.97. The number of rotatable bonds is 4. The van der Waals surface area contributed by atoms with E-state index in [1.54, 1.807) is 0 Å². The van der Waals surface area contributed by atoms with Gasteiger partial charge in [-0.15, -0.1) is 0 Å². The lowest BCUT2D eigenvalue weighted by Gasteiger charge is -2.13. The van der Waals surface area contributed by atoms with Gasteiger partial charge in [-0.1, -0.05) is 91.0 Å². The number of nitrogens with zero attached hydrogens (tertiary/aromatic N) is 4. The summed E-state index contributed by atoms with van der Waals surface area (Å²) in [5, 5.41) is 3.22. The van der Waals surface area contributed by atoms with Crippen LogP contribution in [-0.4, -0.2) is 19.9 Å². The molecule has 4 aromatic carbocycles. The van der Waals surface area contributed by atoms with Gasteiger partial charge in [0.25, 0.3) is 0 Å². The predicted molar refractivity (Wildman–Crippen MR) is 172 cm³/mol. The number of pyridine rings is 4. The van der Waals surface area contributed by atoms with Gasteiger partial charge in [-0.2, -0.15) is 0 Å². The molecule has 0 aliphatic heterocycles. The van der Waals surface area contributed by atoms with Gasteiger partial charge in [0.1, 0.15) is 0 Å². The highest BCUT2D eigenvalue weighted by Gasteiger charge is 2.14. The monoisotopic (exact) mass is 536 g/mol.